The SMILES string of the molecule is COCCNC(=O)c1ccc2c(C)cn(C(C)C(=O)Nc3cc(C)ccc3CCCC(=O)O)c2c1. The van der Waals surface area contributed by atoms with Gasteiger partial charge in [-0.15, -0.1) is 0 Å². The zero-order valence-corrected chi connectivity index (χ0v) is 20.7. The summed E-state index contributed by atoms with van der Waals surface area (Å²) < 4.78 is 6.87. The molecule has 1 atom stereocenters. The number of anilines is 1. The molecule has 3 N–H and O–H groups in total. The van der Waals surface area contributed by atoms with Crippen LogP contribution in [0.2, 0.25) is 0 Å². The summed E-state index contributed by atoms with van der Waals surface area (Å²) in [4.78, 5) is 36.7. The van der Waals surface area contributed by atoms with Gasteiger partial charge in [0.05, 0.1) is 6.61 Å². The first-order valence-corrected chi connectivity index (χ1v) is 11.7. The van der Waals surface area contributed by atoms with Crippen LogP contribution in [0.1, 0.15) is 52.9 Å². The Morgan fingerprint density at radius 1 is 1.11 bits per heavy atom. The molecule has 0 bridgehead atoms. The van der Waals surface area contributed by atoms with Crippen LogP contribution in [0.4, 0.5) is 5.69 Å². The number of aryl methyl sites for hydroxylation is 3. The molecule has 0 fully saturated rings. The van der Waals surface area contributed by atoms with Crippen molar-refractivity contribution >= 4 is 34.4 Å². The lowest BCUT2D eigenvalue weighted by Crippen LogP contribution is -2.27. The number of nitrogens with one attached hydrogen (secondary N) is 2. The fourth-order valence-corrected chi connectivity index (χ4v) is 4.08. The van der Waals surface area contributed by atoms with Gasteiger partial charge in [0.25, 0.3) is 5.91 Å². The zero-order chi connectivity index (χ0) is 25.5. The highest BCUT2D eigenvalue weighted by atomic mass is 16.5. The van der Waals surface area contributed by atoms with E-state index in [4.69, 9.17) is 9.84 Å². The molecule has 0 aliphatic rings. The van der Waals surface area contributed by atoms with E-state index in [2.05, 4.69) is 10.6 Å². The van der Waals surface area contributed by atoms with Gasteiger partial charge in [0, 0.05) is 48.4 Å². The molecule has 8 nitrogen and oxygen atoms in total. The van der Waals surface area contributed by atoms with Gasteiger partial charge in [0.15, 0.2) is 0 Å². The smallest absolute Gasteiger partial charge is 0.303 e. The molecule has 186 valence electrons. The molecule has 0 saturated heterocycles. The van der Waals surface area contributed by atoms with E-state index in [1.807, 2.05) is 55.8 Å². The van der Waals surface area contributed by atoms with Crippen LogP contribution in [0.5, 0.6) is 0 Å². The van der Waals surface area contributed by atoms with Gasteiger partial charge < -0.3 is 25.0 Å². The van der Waals surface area contributed by atoms with Crippen molar-refractivity contribution in [3.05, 3.63) is 64.8 Å². The average Bonchev–Trinajstić information content (AvgIpc) is 3.15. The second-order valence-electron chi connectivity index (χ2n) is 8.77. The highest BCUT2D eigenvalue weighted by Crippen LogP contribution is 2.27. The third-order valence-electron chi connectivity index (χ3n) is 6.04. The number of hydrogen-bond donors (Lipinski definition) is 3. The third kappa shape index (κ3) is 6.48. The van der Waals surface area contributed by atoms with Crippen LogP contribution in [0.25, 0.3) is 10.9 Å². The summed E-state index contributed by atoms with van der Waals surface area (Å²) in [7, 11) is 1.58. The normalized spacial score (nSPS) is 11.9. The molecular weight excluding hydrogens is 446 g/mol. The molecule has 1 unspecified atom stereocenters. The highest BCUT2D eigenvalue weighted by molar-refractivity contribution is 6.00. The molecule has 2 aromatic carbocycles. The number of carbonyl (C=O) groups excluding carboxylic acids is 2. The standard InChI is InChI=1S/C27H33N3O5/c1-17-8-9-20(6-5-7-25(31)32)23(14-17)29-26(33)19(3)30-16-18(2)22-11-10-21(15-24(22)30)27(34)28-12-13-35-4/h8-11,14-16,19H,5-7,12-13H2,1-4H3,(H,28,34)(H,29,33)(H,31,32). The molecular formula is C27H33N3O5. The largest absolute Gasteiger partial charge is 0.481 e. The summed E-state index contributed by atoms with van der Waals surface area (Å²) in [6.07, 6.45) is 3.05. The lowest BCUT2D eigenvalue weighted by Gasteiger charge is -2.18. The predicted octanol–water partition coefficient (Wildman–Crippen LogP) is 4.24. The van der Waals surface area contributed by atoms with E-state index in [0.29, 0.717) is 37.2 Å². The number of hydrogen-bond acceptors (Lipinski definition) is 4. The van der Waals surface area contributed by atoms with Gasteiger partial charge in [0.1, 0.15) is 6.04 Å². The van der Waals surface area contributed by atoms with E-state index in [9.17, 15) is 14.4 Å². The van der Waals surface area contributed by atoms with Crippen molar-refractivity contribution < 1.29 is 24.2 Å². The van der Waals surface area contributed by atoms with E-state index >= 15 is 0 Å². The van der Waals surface area contributed by atoms with Crippen molar-refractivity contribution in [3.63, 3.8) is 0 Å². The molecule has 2 amide bonds. The summed E-state index contributed by atoms with van der Waals surface area (Å²) in [5.74, 6) is -1.22. The molecule has 3 aromatic rings. The van der Waals surface area contributed by atoms with Gasteiger partial charge in [-0.3, -0.25) is 14.4 Å². The first-order chi connectivity index (χ1) is 16.7. The lowest BCUT2D eigenvalue weighted by molar-refractivity contribution is -0.137. The fourth-order valence-electron chi connectivity index (χ4n) is 4.08. The summed E-state index contributed by atoms with van der Waals surface area (Å²) in [5.41, 5.74) is 4.92. The Labute approximate surface area is 205 Å². The number of rotatable bonds is 11. The fraction of sp³-hybridized carbons (Fsp3) is 0.370. The Kier molecular flexibility index (Phi) is 8.65. The van der Waals surface area contributed by atoms with Gasteiger partial charge in [-0.2, -0.15) is 0 Å². The minimum atomic E-state index is -0.835. The van der Waals surface area contributed by atoms with Gasteiger partial charge in [0.2, 0.25) is 5.91 Å². The summed E-state index contributed by atoms with van der Waals surface area (Å²) in [5, 5.41) is 15.8. The van der Waals surface area contributed by atoms with Crippen molar-refractivity contribution in [3.8, 4) is 0 Å². The van der Waals surface area contributed by atoms with Crippen molar-refractivity contribution in [2.45, 2.75) is 46.1 Å². The number of carbonyl (C=O) groups is 3. The lowest BCUT2D eigenvalue weighted by atomic mass is 10.0. The third-order valence-corrected chi connectivity index (χ3v) is 6.04. The number of benzene rings is 2. The van der Waals surface area contributed by atoms with Gasteiger partial charge >= 0.3 is 5.97 Å². The molecule has 1 aromatic heterocycles. The Hall–Kier alpha value is -3.65. The second kappa shape index (κ2) is 11.7. The van der Waals surface area contributed by atoms with E-state index in [1.165, 1.54) is 0 Å². The van der Waals surface area contributed by atoms with Crippen molar-refractivity contribution in [1.29, 1.82) is 0 Å². The zero-order valence-electron chi connectivity index (χ0n) is 20.7. The number of carboxylic acids is 1. The number of aliphatic carboxylic acids is 1. The number of carboxylic acid groups (broad SMARTS) is 1. The Bertz CT molecular complexity index is 1230. The Balaban J connectivity index is 1.83. The van der Waals surface area contributed by atoms with E-state index < -0.39 is 12.0 Å². The molecule has 35 heavy (non-hydrogen) atoms. The number of methoxy groups -OCH3 is 1. The van der Waals surface area contributed by atoms with Crippen molar-refractivity contribution in [2.75, 3.05) is 25.6 Å². The van der Waals surface area contributed by atoms with E-state index in [1.54, 1.807) is 19.2 Å². The van der Waals surface area contributed by atoms with Gasteiger partial charge in [-0.05, 0) is 68.5 Å². The summed E-state index contributed by atoms with van der Waals surface area (Å²) in [6.45, 7) is 6.58. The van der Waals surface area contributed by atoms with Crippen LogP contribution in [-0.2, 0) is 20.7 Å². The van der Waals surface area contributed by atoms with Crippen molar-refractivity contribution in [1.82, 2.24) is 9.88 Å². The van der Waals surface area contributed by atoms with Crippen LogP contribution >= 0.6 is 0 Å². The first kappa shape index (κ1) is 26.0. The number of ether oxygens (including phenoxy) is 1. The van der Waals surface area contributed by atoms with Crippen LogP contribution in [0.3, 0.4) is 0 Å². The van der Waals surface area contributed by atoms with Gasteiger partial charge in [-0.1, -0.05) is 18.2 Å². The molecule has 0 aliphatic heterocycles. The maximum atomic E-state index is 13.3. The van der Waals surface area contributed by atoms with Crippen LogP contribution in [0, 0.1) is 13.8 Å². The molecule has 8 heteroatoms. The molecule has 1 heterocycles. The maximum absolute atomic E-state index is 13.3. The Morgan fingerprint density at radius 2 is 1.89 bits per heavy atom. The van der Waals surface area contributed by atoms with Crippen molar-refractivity contribution in [2.24, 2.45) is 0 Å². The maximum Gasteiger partial charge on any atom is 0.303 e. The minimum Gasteiger partial charge on any atom is -0.481 e. The molecule has 0 spiro atoms. The number of nitrogens with zero attached hydrogens (tertiary/aromatic N) is 1. The second-order valence-corrected chi connectivity index (χ2v) is 8.77. The number of amides is 2. The predicted molar refractivity (Wildman–Crippen MR) is 136 cm³/mol. The molecule has 0 saturated carbocycles. The monoisotopic (exact) mass is 479 g/mol. The minimum absolute atomic E-state index is 0.0771. The molecule has 0 aliphatic carbocycles. The van der Waals surface area contributed by atoms with E-state index in [0.717, 1.165) is 27.6 Å². The van der Waals surface area contributed by atoms with E-state index in [-0.39, 0.29) is 18.2 Å². The quantitative estimate of drug-likeness (QED) is 0.356. The average molecular weight is 480 g/mol. The molecule has 3 rings (SSSR count). The number of aromatic nitrogens is 1. The summed E-state index contributed by atoms with van der Waals surface area (Å²) >= 11 is 0. The van der Waals surface area contributed by atoms with Gasteiger partial charge in [-0.25, -0.2) is 0 Å². The topological polar surface area (TPSA) is 110 Å². The first-order valence-electron chi connectivity index (χ1n) is 11.7. The number of fused-ring (bicyclic) bond motifs is 1. The summed E-state index contributed by atoms with van der Waals surface area (Å²) in [6, 6.07) is 10.7. The highest BCUT2D eigenvalue weighted by Gasteiger charge is 2.20. The molecule has 0 radical (unpaired) electrons. The Morgan fingerprint density at radius 3 is 2.60 bits per heavy atom. The van der Waals surface area contributed by atoms with Crippen LogP contribution in [0.15, 0.2) is 42.6 Å². The van der Waals surface area contributed by atoms with Crippen LogP contribution in [-0.4, -0.2) is 47.7 Å². The van der Waals surface area contributed by atoms with Crippen LogP contribution < -0.4 is 10.6 Å².